The fourth-order valence-corrected chi connectivity index (χ4v) is 3.61. The van der Waals surface area contributed by atoms with Gasteiger partial charge >= 0.3 is 0 Å². The largest absolute Gasteiger partial charge is 0.496 e. The summed E-state index contributed by atoms with van der Waals surface area (Å²) in [6.07, 6.45) is 0.603. The van der Waals surface area contributed by atoms with Gasteiger partial charge in [-0.3, -0.25) is 9.89 Å². The summed E-state index contributed by atoms with van der Waals surface area (Å²) < 4.78 is 32.3. The van der Waals surface area contributed by atoms with Gasteiger partial charge in [0.1, 0.15) is 5.75 Å². The summed E-state index contributed by atoms with van der Waals surface area (Å²) in [5, 5.41) is 7.24. The Kier molecular flexibility index (Phi) is 4.58. The van der Waals surface area contributed by atoms with Gasteiger partial charge < -0.3 is 9.64 Å². The van der Waals surface area contributed by atoms with E-state index in [-0.39, 0.29) is 5.91 Å². The van der Waals surface area contributed by atoms with E-state index in [9.17, 15) is 13.6 Å². The number of aromatic amines is 1. The molecular weight excluding hydrogens is 364 g/mol. The van der Waals surface area contributed by atoms with E-state index in [0.29, 0.717) is 42.1 Å². The van der Waals surface area contributed by atoms with Crippen LogP contribution in [0.2, 0.25) is 0 Å². The number of carbonyl (C=O) groups is 1. The molecule has 0 unspecified atom stereocenters. The molecule has 1 aliphatic rings. The van der Waals surface area contributed by atoms with Crippen LogP contribution in [0.1, 0.15) is 27.2 Å². The molecule has 0 bridgehead atoms. The molecule has 1 amide bonds. The monoisotopic (exact) mass is 383 g/mol. The number of H-pyrrole nitrogens is 1. The normalized spacial score (nSPS) is 13.4. The molecule has 0 atom stereocenters. The summed E-state index contributed by atoms with van der Waals surface area (Å²) in [7, 11) is 1.55. The highest BCUT2D eigenvalue weighted by atomic mass is 19.2. The summed E-state index contributed by atoms with van der Waals surface area (Å²) in [6, 6.07) is 9.14. The van der Waals surface area contributed by atoms with Gasteiger partial charge in [0.15, 0.2) is 11.6 Å². The van der Waals surface area contributed by atoms with E-state index < -0.39 is 11.6 Å². The number of rotatable bonds is 3. The Labute approximate surface area is 160 Å². The number of ether oxygens (including phenoxy) is 1. The number of methoxy groups -OCH3 is 1. The second-order valence-corrected chi connectivity index (χ2v) is 6.79. The molecule has 0 saturated heterocycles. The summed E-state index contributed by atoms with van der Waals surface area (Å²) in [5.41, 5.74) is 4.11. The highest BCUT2D eigenvalue weighted by Crippen LogP contribution is 2.31. The van der Waals surface area contributed by atoms with Crippen LogP contribution in [0, 0.1) is 18.6 Å². The molecule has 28 heavy (non-hydrogen) atoms. The topological polar surface area (TPSA) is 58.2 Å². The minimum Gasteiger partial charge on any atom is -0.496 e. The van der Waals surface area contributed by atoms with Crippen molar-refractivity contribution in [1.29, 1.82) is 0 Å². The molecule has 5 nitrogen and oxygen atoms in total. The Morgan fingerprint density at radius 1 is 1.21 bits per heavy atom. The molecule has 0 radical (unpaired) electrons. The Morgan fingerprint density at radius 3 is 2.79 bits per heavy atom. The molecule has 0 fully saturated rings. The second kappa shape index (κ2) is 7.07. The number of hydrogen-bond donors (Lipinski definition) is 1. The smallest absolute Gasteiger partial charge is 0.257 e. The molecule has 1 aromatic heterocycles. The first-order valence-electron chi connectivity index (χ1n) is 8.94. The number of carbonyl (C=O) groups excluding carboxylic acids is 1. The third-order valence-corrected chi connectivity index (χ3v) is 5.06. The zero-order valence-corrected chi connectivity index (χ0v) is 15.6. The van der Waals surface area contributed by atoms with E-state index in [1.54, 1.807) is 18.1 Å². The Bertz CT molecular complexity index is 1060. The molecule has 7 heteroatoms. The van der Waals surface area contributed by atoms with Gasteiger partial charge in [0, 0.05) is 36.3 Å². The van der Waals surface area contributed by atoms with Crippen LogP contribution in [0.25, 0.3) is 11.3 Å². The minimum atomic E-state index is -0.928. The third-order valence-electron chi connectivity index (χ3n) is 5.06. The molecule has 144 valence electrons. The molecular formula is C21H19F2N3O2. The second-order valence-electron chi connectivity index (χ2n) is 6.79. The molecule has 2 aromatic carbocycles. The lowest BCUT2D eigenvalue weighted by molar-refractivity contribution is 0.0731. The van der Waals surface area contributed by atoms with Crippen molar-refractivity contribution in [3.05, 3.63) is 70.4 Å². The van der Waals surface area contributed by atoms with Gasteiger partial charge in [0.2, 0.25) is 0 Å². The van der Waals surface area contributed by atoms with E-state index in [0.717, 1.165) is 29.0 Å². The highest BCUT2D eigenvalue weighted by Gasteiger charge is 2.28. The lowest BCUT2D eigenvalue weighted by Crippen LogP contribution is -2.36. The number of amides is 1. The first kappa shape index (κ1) is 18.2. The van der Waals surface area contributed by atoms with E-state index in [2.05, 4.69) is 10.2 Å². The van der Waals surface area contributed by atoms with Crippen molar-refractivity contribution in [3.63, 3.8) is 0 Å². The number of nitrogens with one attached hydrogen (secondary N) is 1. The molecule has 1 N–H and O–H groups in total. The highest BCUT2D eigenvalue weighted by molar-refractivity contribution is 5.97. The quantitative estimate of drug-likeness (QED) is 0.747. The Hall–Kier alpha value is -3.22. The maximum absolute atomic E-state index is 13.7. The van der Waals surface area contributed by atoms with Crippen LogP contribution in [0.3, 0.4) is 0 Å². The van der Waals surface area contributed by atoms with Crippen molar-refractivity contribution in [2.24, 2.45) is 0 Å². The Morgan fingerprint density at radius 2 is 2.04 bits per heavy atom. The lowest BCUT2D eigenvalue weighted by atomic mass is 9.99. The zero-order chi connectivity index (χ0) is 19.8. The van der Waals surface area contributed by atoms with E-state index in [1.165, 1.54) is 6.07 Å². The van der Waals surface area contributed by atoms with E-state index in [4.69, 9.17) is 4.74 Å². The first-order valence-corrected chi connectivity index (χ1v) is 8.94. The molecule has 1 aliphatic heterocycles. The van der Waals surface area contributed by atoms with Crippen molar-refractivity contribution in [2.45, 2.75) is 19.9 Å². The SMILES string of the molecule is COc1c(C)cccc1C(=O)N1CCc2[nH]nc(-c3ccc(F)c(F)c3)c2C1. The fraction of sp³-hybridized carbons (Fsp3) is 0.238. The Balaban J connectivity index is 1.67. The van der Waals surface area contributed by atoms with Crippen LogP contribution >= 0.6 is 0 Å². The van der Waals surface area contributed by atoms with Gasteiger partial charge in [-0.15, -0.1) is 0 Å². The number of halogens is 2. The van der Waals surface area contributed by atoms with Crippen molar-refractivity contribution in [3.8, 4) is 17.0 Å². The van der Waals surface area contributed by atoms with E-state index in [1.807, 2.05) is 19.1 Å². The van der Waals surface area contributed by atoms with Crippen LogP contribution in [-0.4, -0.2) is 34.7 Å². The fourth-order valence-electron chi connectivity index (χ4n) is 3.61. The first-order chi connectivity index (χ1) is 13.5. The maximum atomic E-state index is 13.7. The number of aromatic nitrogens is 2. The number of aryl methyl sites for hydroxylation is 1. The van der Waals surface area contributed by atoms with Crippen LogP contribution in [-0.2, 0) is 13.0 Å². The van der Waals surface area contributed by atoms with Gasteiger partial charge in [0.05, 0.1) is 18.4 Å². The third kappa shape index (κ3) is 3.02. The average Bonchev–Trinajstić information content (AvgIpc) is 3.12. The van der Waals surface area contributed by atoms with Crippen LogP contribution < -0.4 is 4.74 Å². The van der Waals surface area contributed by atoms with Crippen LogP contribution in [0.4, 0.5) is 8.78 Å². The van der Waals surface area contributed by atoms with E-state index >= 15 is 0 Å². The molecule has 3 aromatic rings. The number of benzene rings is 2. The molecule has 0 aliphatic carbocycles. The summed E-state index contributed by atoms with van der Waals surface area (Å²) in [6.45, 7) is 2.75. The standard InChI is InChI=1S/C21H19F2N3O2/c1-12-4-3-5-14(20(12)28-2)21(27)26-9-8-18-15(11-26)19(25-24-18)13-6-7-16(22)17(23)10-13/h3-7,10H,8-9,11H2,1-2H3,(H,24,25). The summed E-state index contributed by atoms with van der Waals surface area (Å²) >= 11 is 0. The molecule has 2 heterocycles. The van der Waals surface area contributed by atoms with Gasteiger partial charge in [-0.2, -0.15) is 5.10 Å². The molecule has 4 rings (SSSR count). The molecule has 0 saturated carbocycles. The summed E-state index contributed by atoms with van der Waals surface area (Å²) in [4.78, 5) is 14.8. The number of hydrogen-bond acceptors (Lipinski definition) is 3. The number of para-hydroxylation sites is 1. The lowest BCUT2D eigenvalue weighted by Gasteiger charge is -2.28. The van der Waals surface area contributed by atoms with Gasteiger partial charge in [-0.1, -0.05) is 12.1 Å². The predicted octanol–water partition coefficient (Wildman–Crippen LogP) is 3.87. The van der Waals surface area contributed by atoms with Crippen molar-refractivity contribution in [2.75, 3.05) is 13.7 Å². The maximum Gasteiger partial charge on any atom is 0.257 e. The zero-order valence-electron chi connectivity index (χ0n) is 15.6. The van der Waals surface area contributed by atoms with Crippen molar-refractivity contribution < 1.29 is 18.3 Å². The van der Waals surface area contributed by atoms with Crippen molar-refractivity contribution in [1.82, 2.24) is 15.1 Å². The van der Waals surface area contributed by atoms with Crippen LogP contribution in [0.15, 0.2) is 36.4 Å². The van der Waals surface area contributed by atoms with Gasteiger partial charge in [-0.25, -0.2) is 8.78 Å². The van der Waals surface area contributed by atoms with Gasteiger partial charge in [0.25, 0.3) is 5.91 Å². The number of fused-ring (bicyclic) bond motifs is 1. The van der Waals surface area contributed by atoms with Crippen molar-refractivity contribution >= 4 is 5.91 Å². The average molecular weight is 383 g/mol. The predicted molar refractivity (Wildman–Crippen MR) is 100 cm³/mol. The summed E-state index contributed by atoms with van der Waals surface area (Å²) in [5.74, 6) is -1.41. The van der Waals surface area contributed by atoms with Gasteiger partial charge in [-0.05, 0) is 36.8 Å². The van der Waals surface area contributed by atoms with Crippen LogP contribution in [0.5, 0.6) is 5.75 Å². The molecule has 0 spiro atoms. The minimum absolute atomic E-state index is 0.136. The number of nitrogens with zero attached hydrogens (tertiary/aromatic N) is 2.